The van der Waals surface area contributed by atoms with Crippen LogP contribution >= 0.6 is 15.9 Å². The minimum atomic E-state index is -0.309. The Morgan fingerprint density at radius 1 is 1.36 bits per heavy atom. The number of imidazole rings is 1. The highest BCUT2D eigenvalue weighted by atomic mass is 79.9. The first-order valence-corrected chi connectivity index (χ1v) is 7.61. The third kappa shape index (κ3) is 2.96. The van der Waals surface area contributed by atoms with Gasteiger partial charge in [-0.25, -0.2) is 4.98 Å². The maximum absolute atomic E-state index is 12.4. The molecule has 112 valence electrons. The van der Waals surface area contributed by atoms with Crippen molar-refractivity contribution in [1.82, 2.24) is 19.9 Å². The molecular weight excluding hydrogens is 344 g/mol. The molecule has 2 heterocycles. The van der Waals surface area contributed by atoms with E-state index in [-0.39, 0.29) is 11.9 Å². The summed E-state index contributed by atoms with van der Waals surface area (Å²) in [6.45, 7) is 0. The summed E-state index contributed by atoms with van der Waals surface area (Å²) in [6, 6.07) is 11.2. The Morgan fingerprint density at radius 2 is 2.14 bits per heavy atom. The van der Waals surface area contributed by atoms with Gasteiger partial charge in [0.05, 0.1) is 0 Å². The molecule has 0 aliphatic rings. The highest BCUT2D eigenvalue weighted by molar-refractivity contribution is 9.10. The van der Waals surface area contributed by atoms with Crippen LogP contribution in [0.5, 0.6) is 0 Å². The van der Waals surface area contributed by atoms with Crippen molar-refractivity contribution in [3.05, 3.63) is 76.5 Å². The van der Waals surface area contributed by atoms with Crippen molar-refractivity contribution in [3.63, 3.8) is 0 Å². The molecule has 0 spiro atoms. The van der Waals surface area contributed by atoms with Gasteiger partial charge in [0.1, 0.15) is 17.6 Å². The number of carbonyl (C=O) groups excluding carboxylic acids is 1. The summed E-state index contributed by atoms with van der Waals surface area (Å²) in [7, 11) is 1.91. The van der Waals surface area contributed by atoms with Crippen LogP contribution in [0.1, 0.15) is 27.9 Å². The molecule has 22 heavy (non-hydrogen) atoms. The molecule has 0 aliphatic carbocycles. The van der Waals surface area contributed by atoms with Crippen LogP contribution in [0.3, 0.4) is 0 Å². The van der Waals surface area contributed by atoms with E-state index < -0.39 is 0 Å². The topological polar surface area (TPSA) is 62.7 Å². The van der Waals surface area contributed by atoms with Crippen molar-refractivity contribution in [2.24, 2.45) is 7.05 Å². The van der Waals surface area contributed by atoms with Gasteiger partial charge >= 0.3 is 0 Å². The molecule has 1 aromatic carbocycles. The Hall–Kier alpha value is -2.34. The average Bonchev–Trinajstić information content (AvgIpc) is 3.14. The van der Waals surface area contributed by atoms with Gasteiger partial charge in [0.25, 0.3) is 5.91 Å². The minimum Gasteiger partial charge on any atom is -0.356 e. The number of benzene rings is 1. The van der Waals surface area contributed by atoms with Crippen LogP contribution in [0, 0.1) is 0 Å². The highest BCUT2D eigenvalue weighted by Crippen LogP contribution is 2.21. The molecule has 3 rings (SSSR count). The fourth-order valence-electron chi connectivity index (χ4n) is 2.31. The van der Waals surface area contributed by atoms with Crippen molar-refractivity contribution in [2.45, 2.75) is 6.04 Å². The van der Waals surface area contributed by atoms with Crippen LogP contribution in [0.15, 0.2) is 59.5 Å². The zero-order chi connectivity index (χ0) is 15.5. The summed E-state index contributed by atoms with van der Waals surface area (Å²) in [5.41, 5.74) is 1.48. The van der Waals surface area contributed by atoms with E-state index in [1.165, 1.54) is 0 Å². The SMILES string of the molecule is Cn1ccnc1[C@@H](NC(=O)c1cc(Br)c[nH]1)c1ccccc1. The predicted octanol–water partition coefficient (Wildman–Crippen LogP) is 3.03. The maximum Gasteiger partial charge on any atom is 0.268 e. The van der Waals surface area contributed by atoms with E-state index in [1.807, 2.05) is 48.1 Å². The summed E-state index contributed by atoms with van der Waals surface area (Å²) in [5.74, 6) is 0.604. The first-order valence-electron chi connectivity index (χ1n) is 6.82. The molecule has 0 radical (unpaired) electrons. The normalized spacial score (nSPS) is 12.1. The van der Waals surface area contributed by atoms with Gasteiger partial charge in [-0.15, -0.1) is 0 Å². The van der Waals surface area contributed by atoms with E-state index in [9.17, 15) is 4.79 Å². The molecule has 0 bridgehead atoms. The molecule has 2 aromatic heterocycles. The largest absolute Gasteiger partial charge is 0.356 e. The summed E-state index contributed by atoms with van der Waals surface area (Å²) in [5, 5.41) is 3.03. The monoisotopic (exact) mass is 358 g/mol. The molecule has 1 amide bonds. The number of H-pyrrole nitrogens is 1. The minimum absolute atomic E-state index is 0.178. The van der Waals surface area contributed by atoms with E-state index >= 15 is 0 Å². The molecule has 0 saturated heterocycles. The van der Waals surface area contributed by atoms with Gasteiger partial charge in [-0.1, -0.05) is 30.3 Å². The number of halogens is 1. The standard InChI is InChI=1S/C16H15BrN4O/c1-21-8-7-18-15(21)14(11-5-3-2-4-6-11)20-16(22)13-9-12(17)10-19-13/h2-10,14,19H,1H3,(H,20,22)/t14-/m0/s1. The molecule has 3 aromatic rings. The Morgan fingerprint density at radius 3 is 2.73 bits per heavy atom. The van der Waals surface area contributed by atoms with Crippen molar-refractivity contribution in [3.8, 4) is 0 Å². The lowest BCUT2D eigenvalue weighted by Gasteiger charge is -2.18. The molecule has 0 fully saturated rings. The maximum atomic E-state index is 12.4. The lowest BCUT2D eigenvalue weighted by molar-refractivity contribution is 0.0936. The fraction of sp³-hybridized carbons (Fsp3) is 0.125. The van der Waals surface area contributed by atoms with Crippen LogP contribution < -0.4 is 5.32 Å². The number of nitrogens with zero attached hydrogens (tertiary/aromatic N) is 2. The average molecular weight is 359 g/mol. The van der Waals surface area contributed by atoms with E-state index in [0.29, 0.717) is 5.69 Å². The van der Waals surface area contributed by atoms with Crippen LogP contribution in [0.4, 0.5) is 0 Å². The lowest BCUT2D eigenvalue weighted by Crippen LogP contribution is -2.31. The first-order chi connectivity index (χ1) is 10.6. The van der Waals surface area contributed by atoms with Gasteiger partial charge in [0, 0.05) is 30.1 Å². The van der Waals surface area contributed by atoms with Crippen LogP contribution in [-0.2, 0) is 7.05 Å². The number of aryl methyl sites for hydroxylation is 1. The molecule has 0 unspecified atom stereocenters. The molecule has 0 aliphatic heterocycles. The second-order valence-electron chi connectivity index (χ2n) is 4.95. The Balaban J connectivity index is 1.93. The number of aromatic nitrogens is 3. The second-order valence-corrected chi connectivity index (χ2v) is 5.86. The zero-order valence-electron chi connectivity index (χ0n) is 12.0. The van der Waals surface area contributed by atoms with E-state index in [1.54, 1.807) is 18.5 Å². The van der Waals surface area contributed by atoms with Gasteiger partial charge in [0.15, 0.2) is 0 Å². The van der Waals surface area contributed by atoms with Gasteiger partial charge in [-0.2, -0.15) is 0 Å². The van der Waals surface area contributed by atoms with Crippen LogP contribution in [-0.4, -0.2) is 20.4 Å². The lowest BCUT2D eigenvalue weighted by atomic mass is 10.1. The molecule has 2 N–H and O–H groups in total. The van der Waals surface area contributed by atoms with Gasteiger partial charge in [-0.3, -0.25) is 4.79 Å². The van der Waals surface area contributed by atoms with Crippen molar-refractivity contribution in [2.75, 3.05) is 0 Å². The zero-order valence-corrected chi connectivity index (χ0v) is 13.5. The number of carbonyl (C=O) groups is 1. The second kappa shape index (κ2) is 6.19. The third-order valence-corrected chi connectivity index (χ3v) is 3.88. The summed E-state index contributed by atoms with van der Waals surface area (Å²) >= 11 is 3.33. The number of rotatable bonds is 4. The van der Waals surface area contributed by atoms with Crippen molar-refractivity contribution in [1.29, 1.82) is 0 Å². The van der Waals surface area contributed by atoms with Crippen molar-refractivity contribution < 1.29 is 4.79 Å². The Labute approximate surface area is 136 Å². The van der Waals surface area contributed by atoms with Crippen LogP contribution in [0.2, 0.25) is 0 Å². The van der Waals surface area contributed by atoms with E-state index in [4.69, 9.17) is 0 Å². The number of hydrogen-bond acceptors (Lipinski definition) is 2. The van der Waals surface area contributed by atoms with Crippen molar-refractivity contribution >= 4 is 21.8 Å². The Kier molecular flexibility index (Phi) is 4.11. The molecule has 6 heteroatoms. The number of amides is 1. The summed E-state index contributed by atoms with van der Waals surface area (Å²) < 4.78 is 2.74. The number of hydrogen-bond donors (Lipinski definition) is 2. The van der Waals surface area contributed by atoms with E-state index in [2.05, 4.69) is 31.2 Å². The number of aromatic amines is 1. The molecule has 0 saturated carbocycles. The van der Waals surface area contributed by atoms with Gasteiger partial charge in [0.2, 0.25) is 0 Å². The molecule has 5 nitrogen and oxygen atoms in total. The molecular formula is C16H15BrN4O. The number of nitrogens with one attached hydrogen (secondary N) is 2. The smallest absolute Gasteiger partial charge is 0.268 e. The summed E-state index contributed by atoms with van der Waals surface area (Å²) in [6.07, 6.45) is 5.32. The predicted molar refractivity (Wildman–Crippen MR) is 87.5 cm³/mol. The third-order valence-electron chi connectivity index (χ3n) is 3.42. The van der Waals surface area contributed by atoms with E-state index in [0.717, 1.165) is 15.9 Å². The van der Waals surface area contributed by atoms with Gasteiger partial charge in [-0.05, 0) is 27.6 Å². The quantitative estimate of drug-likeness (QED) is 0.752. The molecule has 1 atom stereocenters. The fourth-order valence-corrected chi connectivity index (χ4v) is 2.65. The van der Waals surface area contributed by atoms with Crippen LogP contribution in [0.25, 0.3) is 0 Å². The first kappa shape index (κ1) is 14.6. The Bertz CT molecular complexity index is 778. The summed E-state index contributed by atoms with van der Waals surface area (Å²) in [4.78, 5) is 19.8. The van der Waals surface area contributed by atoms with Gasteiger partial charge < -0.3 is 14.9 Å². The highest BCUT2D eigenvalue weighted by Gasteiger charge is 2.21.